The molecule has 0 aliphatic heterocycles. The summed E-state index contributed by atoms with van der Waals surface area (Å²) in [5, 5.41) is 22.9. The Hall–Kier alpha value is -1.92. The Balaban J connectivity index is 3.59. The number of nitrogens with one attached hydrogen (secondary N) is 1. The second kappa shape index (κ2) is 42.8. The highest BCUT2D eigenvalue weighted by Crippen LogP contribution is 2.13. The second-order valence-corrected chi connectivity index (χ2v) is 15.4. The van der Waals surface area contributed by atoms with Gasteiger partial charge in [-0.2, -0.15) is 0 Å². The van der Waals surface area contributed by atoms with E-state index in [0.717, 1.165) is 77.0 Å². The van der Waals surface area contributed by atoms with Crippen molar-refractivity contribution >= 4 is 11.9 Å². The van der Waals surface area contributed by atoms with Crippen LogP contribution >= 0.6 is 0 Å². The first kappa shape index (κ1) is 51.1. The van der Waals surface area contributed by atoms with Crippen molar-refractivity contribution in [3.05, 3.63) is 36.5 Å². The number of aliphatic hydroxyl groups is 2. The van der Waals surface area contributed by atoms with Crippen LogP contribution in [0.1, 0.15) is 226 Å². The van der Waals surface area contributed by atoms with Gasteiger partial charge in [0, 0.05) is 12.8 Å². The standard InChI is InChI=1S/C47H87NO5/c1-3-5-7-9-11-13-15-17-18-20-25-29-33-37-41-47(52)53-42-38-34-30-26-22-21-24-28-32-36-40-46(51)48-44(43-49)45(50)39-35-31-27-23-19-16-14-12-10-8-6-4-2/h15,17,22,26,35,39,44-45,49-50H,3-14,16,18-21,23-25,27-34,36-38,40-43H2,1-2H3,(H,48,51)/b17-15-,26-22-,39-35+. The second-order valence-electron chi connectivity index (χ2n) is 15.4. The lowest BCUT2D eigenvalue weighted by atomic mass is 10.1. The Morgan fingerprint density at radius 1 is 0.509 bits per heavy atom. The first-order valence-corrected chi connectivity index (χ1v) is 22.8. The summed E-state index contributed by atoms with van der Waals surface area (Å²) in [5.41, 5.74) is 0. The van der Waals surface area contributed by atoms with Crippen molar-refractivity contribution in [3.63, 3.8) is 0 Å². The van der Waals surface area contributed by atoms with Crippen molar-refractivity contribution < 1.29 is 24.5 Å². The highest BCUT2D eigenvalue weighted by atomic mass is 16.5. The molecule has 0 aliphatic rings. The van der Waals surface area contributed by atoms with E-state index in [0.29, 0.717) is 19.4 Å². The fourth-order valence-corrected chi connectivity index (χ4v) is 6.56. The van der Waals surface area contributed by atoms with Gasteiger partial charge in [-0.3, -0.25) is 9.59 Å². The quantitative estimate of drug-likeness (QED) is 0.0329. The zero-order valence-corrected chi connectivity index (χ0v) is 35.0. The average molecular weight is 746 g/mol. The predicted molar refractivity (Wildman–Crippen MR) is 227 cm³/mol. The van der Waals surface area contributed by atoms with E-state index in [1.54, 1.807) is 6.08 Å². The summed E-state index contributed by atoms with van der Waals surface area (Å²) < 4.78 is 5.41. The van der Waals surface area contributed by atoms with Crippen LogP contribution in [0, 0.1) is 0 Å². The first-order chi connectivity index (χ1) is 26.0. The summed E-state index contributed by atoms with van der Waals surface area (Å²) in [6, 6.07) is -0.652. The van der Waals surface area contributed by atoms with Gasteiger partial charge >= 0.3 is 5.97 Å². The Morgan fingerprint density at radius 2 is 0.887 bits per heavy atom. The van der Waals surface area contributed by atoms with Crippen molar-refractivity contribution in [1.82, 2.24) is 5.32 Å². The lowest BCUT2D eigenvalue weighted by Gasteiger charge is -2.20. The van der Waals surface area contributed by atoms with Gasteiger partial charge in [0.2, 0.25) is 5.91 Å². The van der Waals surface area contributed by atoms with Crippen LogP contribution in [0.5, 0.6) is 0 Å². The number of ether oxygens (including phenoxy) is 1. The molecule has 0 heterocycles. The molecule has 0 aromatic heterocycles. The monoisotopic (exact) mass is 746 g/mol. The van der Waals surface area contributed by atoms with Crippen molar-refractivity contribution in [2.75, 3.05) is 13.2 Å². The third-order valence-corrected chi connectivity index (χ3v) is 10.1. The molecule has 0 bridgehead atoms. The maximum atomic E-state index is 12.4. The zero-order chi connectivity index (χ0) is 38.7. The highest BCUT2D eigenvalue weighted by Gasteiger charge is 2.18. The molecule has 6 heteroatoms. The van der Waals surface area contributed by atoms with Crippen LogP contribution in [0.25, 0.3) is 0 Å². The maximum Gasteiger partial charge on any atom is 0.305 e. The van der Waals surface area contributed by atoms with Gasteiger partial charge in [-0.15, -0.1) is 0 Å². The van der Waals surface area contributed by atoms with Crippen molar-refractivity contribution in [2.24, 2.45) is 0 Å². The number of allylic oxidation sites excluding steroid dienone is 5. The minimum atomic E-state index is -0.865. The van der Waals surface area contributed by atoms with E-state index in [-0.39, 0.29) is 18.5 Å². The summed E-state index contributed by atoms with van der Waals surface area (Å²) in [6.45, 7) is 4.77. The minimum absolute atomic E-state index is 0.0483. The molecule has 3 N–H and O–H groups in total. The number of carbonyl (C=O) groups excluding carboxylic acids is 2. The summed E-state index contributed by atoms with van der Waals surface area (Å²) in [5.74, 6) is -0.155. The number of amides is 1. The van der Waals surface area contributed by atoms with Crippen LogP contribution in [0.2, 0.25) is 0 Å². The zero-order valence-electron chi connectivity index (χ0n) is 35.0. The van der Waals surface area contributed by atoms with E-state index in [1.165, 1.54) is 122 Å². The van der Waals surface area contributed by atoms with E-state index < -0.39 is 12.1 Å². The van der Waals surface area contributed by atoms with Crippen LogP contribution in [0.4, 0.5) is 0 Å². The molecule has 0 saturated heterocycles. The number of aliphatic hydroxyl groups excluding tert-OH is 2. The smallest absolute Gasteiger partial charge is 0.305 e. The number of carbonyl (C=O) groups is 2. The van der Waals surface area contributed by atoms with Gasteiger partial charge in [-0.1, -0.05) is 166 Å². The first-order valence-electron chi connectivity index (χ1n) is 22.8. The van der Waals surface area contributed by atoms with E-state index in [4.69, 9.17) is 4.74 Å². The van der Waals surface area contributed by atoms with Crippen molar-refractivity contribution in [2.45, 2.75) is 238 Å². The Kier molecular flexibility index (Phi) is 41.3. The molecule has 0 rings (SSSR count). The highest BCUT2D eigenvalue weighted by molar-refractivity contribution is 5.76. The molecule has 0 aromatic carbocycles. The van der Waals surface area contributed by atoms with E-state index in [9.17, 15) is 19.8 Å². The average Bonchev–Trinajstić information content (AvgIpc) is 3.16. The van der Waals surface area contributed by atoms with Gasteiger partial charge in [0.15, 0.2) is 0 Å². The summed E-state index contributed by atoms with van der Waals surface area (Å²) in [7, 11) is 0. The molecule has 2 atom stereocenters. The van der Waals surface area contributed by atoms with Crippen LogP contribution < -0.4 is 5.32 Å². The largest absolute Gasteiger partial charge is 0.466 e. The number of esters is 1. The SMILES string of the molecule is CCCCCCC/C=C\CCCCCCCC(=O)OCCCC/C=C\CCCCCCC(=O)NC(CO)C(O)/C=C/CCCCCCCCCCCC. The topological polar surface area (TPSA) is 95.9 Å². The number of hydrogen-bond acceptors (Lipinski definition) is 5. The lowest BCUT2D eigenvalue weighted by molar-refractivity contribution is -0.143. The third kappa shape index (κ3) is 39.6. The number of hydrogen-bond donors (Lipinski definition) is 3. The molecule has 0 aliphatic carbocycles. The van der Waals surface area contributed by atoms with E-state index >= 15 is 0 Å². The van der Waals surface area contributed by atoms with Gasteiger partial charge in [-0.05, 0) is 83.5 Å². The van der Waals surface area contributed by atoms with Gasteiger partial charge in [-0.25, -0.2) is 0 Å². The van der Waals surface area contributed by atoms with Crippen molar-refractivity contribution in [1.29, 1.82) is 0 Å². The van der Waals surface area contributed by atoms with Crippen LogP contribution in [-0.4, -0.2) is 47.4 Å². The molecule has 1 amide bonds. The maximum absolute atomic E-state index is 12.4. The van der Waals surface area contributed by atoms with E-state index in [1.807, 2.05) is 6.08 Å². The molecular formula is C47H87NO5. The molecule has 0 saturated carbocycles. The fraction of sp³-hybridized carbons (Fsp3) is 0.830. The number of unbranched alkanes of at least 4 members (excludes halogenated alkanes) is 26. The van der Waals surface area contributed by atoms with Crippen LogP contribution in [0.15, 0.2) is 36.5 Å². The summed E-state index contributed by atoms with van der Waals surface area (Å²) in [6.07, 6.45) is 49.9. The minimum Gasteiger partial charge on any atom is -0.466 e. The lowest BCUT2D eigenvalue weighted by Crippen LogP contribution is -2.45. The van der Waals surface area contributed by atoms with Gasteiger partial charge < -0.3 is 20.3 Å². The molecule has 2 unspecified atom stereocenters. The van der Waals surface area contributed by atoms with Crippen molar-refractivity contribution in [3.8, 4) is 0 Å². The van der Waals surface area contributed by atoms with Gasteiger partial charge in [0.05, 0.1) is 25.4 Å². The molecule has 0 spiro atoms. The third-order valence-electron chi connectivity index (χ3n) is 10.1. The molecule has 0 radical (unpaired) electrons. The van der Waals surface area contributed by atoms with Gasteiger partial charge in [0.25, 0.3) is 0 Å². The molecule has 53 heavy (non-hydrogen) atoms. The molecule has 0 aromatic rings. The van der Waals surface area contributed by atoms with Crippen LogP contribution in [0.3, 0.4) is 0 Å². The Labute approximate surface area is 328 Å². The molecule has 310 valence electrons. The Bertz CT molecular complexity index is 869. The molecular weight excluding hydrogens is 659 g/mol. The summed E-state index contributed by atoms with van der Waals surface area (Å²) >= 11 is 0. The Morgan fingerprint density at radius 3 is 1.34 bits per heavy atom. The van der Waals surface area contributed by atoms with Crippen LogP contribution in [-0.2, 0) is 14.3 Å². The van der Waals surface area contributed by atoms with Gasteiger partial charge in [0.1, 0.15) is 0 Å². The predicted octanol–water partition coefficient (Wildman–Crippen LogP) is 12.9. The molecule has 6 nitrogen and oxygen atoms in total. The summed E-state index contributed by atoms with van der Waals surface area (Å²) in [4.78, 5) is 24.3. The molecule has 0 fully saturated rings. The van der Waals surface area contributed by atoms with E-state index in [2.05, 4.69) is 43.5 Å². The number of rotatable bonds is 41. The normalized spacial score (nSPS) is 13.1. The fourth-order valence-electron chi connectivity index (χ4n) is 6.56.